The number of rotatable bonds is 5. The number of hydrogen-bond donors (Lipinski definition) is 1. The molecule has 1 aliphatic rings. The van der Waals surface area contributed by atoms with Gasteiger partial charge in [0, 0.05) is 0 Å². The van der Waals surface area contributed by atoms with Crippen molar-refractivity contribution in [1.29, 1.82) is 0 Å². The molecule has 6 heteroatoms. The summed E-state index contributed by atoms with van der Waals surface area (Å²) in [5.41, 5.74) is 2.38. The van der Waals surface area contributed by atoms with Gasteiger partial charge in [-0.05, 0) is 43.7 Å². The molecule has 0 spiro atoms. The summed E-state index contributed by atoms with van der Waals surface area (Å²) >= 11 is 0. The largest absolute Gasteiger partial charge is 0.492 e. The van der Waals surface area contributed by atoms with E-state index in [-0.39, 0.29) is 25.0 Å². The van der Waals surface area contributed by atoms with Crippen molar-refractivity contribution in [2.75, 3.05) is 29.9 Å². The molecule has 1 N–H and O–H groups in total. The van der Waals surface area contributed by atoms with Crippen molar-refractivity contribution >= 4 is 23.3 Å². The number of para-hydroxylation sites is 2. The highest BCUT2D eigenvalue weighted by Crippen LogP contribution is 2.32. The number of aryl methyl sites for hydroxylation is 1. The highest BCUT2D eigenvalue weighted by Gasteiger charge is 2.26. The van der Waals surface area contributed by atoms with E-state index in [0.717, 1.165) is 11.3 Å². The van der Waals surface area contributed by atoms with Gasteiger partial charge in [0.05, 0.1) is 24.5 Å². The number of hydrogen-bond acceptors (Lipinski definition) is 5. The minimum atomic E-state index is -0.376. The smallest absolute Gasteiger partial charge is 0.331 e. The van der Waals surface area contributed by atoms with Crippen molar-refractivity contribution in [2.24, 2.45) is 0 Å². The van der Waals surface area contributed by atoms with Gasteiger partial charge in [-0.25, -0.2) is 4.79 Å². The van der Waals surface area contributed by atoms with Crippen LogP contribution in [0.1, 0.15) is 12.5 Å². The summed E-state index contributed by atoms with van der Waals surface area (Å²) < 4.78 is 10.8. The summed E-state index contributed by atoms with van der Waals surface area (Å²) in [6.07, 6.45) is 0. The third-order valence-electron chi connectivity index (χ3n) is 3.79. The number of nitrogens with one attached hydrogen (secondary N) is 1. The molecule has 1 heterocycles. The normalized spacial score (nSPS) is 13.0. The standard InChI is InChI=1S/C19H20N2O4/c1-3-24-16-7-5-4-6-14(16)20-18(22)11-21-12-19(23)25-17-9-8-13(2)10-15(17)21/h4-10H,3,11-12H2,1-2H3,(H,20,22). The van der Waals surface area contributed by atoms with E-state index < -0.39 is 0 Å². The summed E-state index contributed by atoms with van der Waals surface area (Å²) in [5, 5.41) is 2.85. The maximum absolute atomic E-state index is 12.5. The van der Waals surface area contributed by atoms with E-state index in [1.807, 2.05) is 38.1 Å². The first kappa shape index (κ1) is 16.8. The lowest BCUT2D eigenvalue weighted by Gasteiger charge is -2.29. The topological polar surface area (TPSA) is 67.9 Å². The highest BCUT2D eigenvalue weighted by atomic mass is 16.5. The number of fused-ring (bicyclic) bond motifs is 1. The van der Waals surface area contributed by atoms with E-state index in [1.165, 1.54) is 0 Å². The monoisotopic (exact) mass is 340 g/mol. The van der Waals surface area contributed by atoms with E-state index in [9.17, 15) is 9.59 Å². The van der Waals surface area contributed by atoms with Crippen molar-refractivity contribution in [2.45, 2.75) is 13.8 Å². The Morgan fingerprint density at radius 2 is 2.08 bits per heavy atom. The van der Waals surface area contributed by atoms with Crippen LogP contribution in [0.2, 0.25) is 0 Å². The maximum atomic E-state index is 12.5. The minimum absolute atomic E-state index is 0.0387. The van der Waals surface area contributed by atoms with Crippen LogP contribution < -0.4 is 19.7 Å². The molecule has 0 atom stereocenters. The quantitative estimate of drug-likeness (QED) is 0.670. The van der Waals surface area contributed by atoms with Crippen LogP contribution in [0, 0.1) is 6.92 Å². The molecule has 1 aliphatic heterocycles. The molecule has 0 unspecified atom stereocenters. The number of benzene rings is 2. The van der Waals surface area contributed by atoms with Crippen molar-refractivity contribution in [1.82, 2.24) is 0 Å². The average molecular weight is 340 g/mol. The van der Waals surface area contributed by atoms with Gasteiger partial charge in [-0.15, -0.1) is 0 Å². The first-order valence-corrected chi connectivity index (χ1v) is 8.14. The van der Waals surface area contributed by atoms with E-state index in [1.54, 1.807) is 23.1 Å². The highest BCUT2D eigenvalue weighted by molar-refractivity contribution is 5.97. The zero-order valence-corrected chi connectivity index (χ0v) is 14.2. The van der Waals surface area contributed by atoms with Crippen molar-refractivity contribution < 1.29 is 19.1 Å². The first-order chi connectivity index (χ1) is 12.1. The predicted molar refractivity (Wildman–Crippen MR) is 95.3 cm³/mol. The van der Waals surface area contributed by atoms with Gasteiger partial charge in [0.25, 0.3) is 0 Å². The van der Waals surface area contributed by atoms with Crippen LogP contribution in [-0.2, 0) is 9.59 Å². The second kappa shape index (κ2) is 7.25. The van der Waals surface area contributed by atoms with Crippen LogP contribution in [-0.4, -0.2) is 31.6 Å². The molecule has 1 amide bonds. The molecule has 0 aliphatic carbocycles. The molecule has 130 valence electrons. The number of carbonyl (C=O) groups is 2. The Hall–Kier alpha value is -3.02. The van der Waals surface area contributed by atoms with Gasteiger partial charge in [-0.1, -0.05) is 18.2 Å². The summed E-state index contributed by atoms with van der Waals surface area (Å²) in [6, 6.07) is 12.8. The summed E-state index contributed by atoms with van der Waals surface area (Å²) in [7, 11) is 0. The number of anilines is 2. The van der Waals surface area contributed by atoms with Gasteiger partial charge >= 0.3 is 5.97 Å². The Labute approximate surface area is 146 Å². The molecular weight excluding hydrogens is 320 g/mol. The zero-order valence-electron chi connectivity index (χ0n) is 14.2. The molecular formula is C19H20N2O4. The lowest BCUT2D eigenvalue weighted by atomic mass is 10.1. The fourth-order valence-electron chi connectivity index (χ4n) is 2.71. The molecule has 0 radical (unpaired) electrons. The second-order valence-corrected chi connectivity index (χ2v) is 5.78. The van der Waals surface area contributed by atoms with Crippen LogP contribution >= 0.6 is 0 Å². The molecule has 3 rings (SSSR count). The van der Waals surface area contributed by atoms with Crippen LogP contribution in [0.3, 0.4) is 0 Å². The van der Waals surface area contributed by atoms with Gasteiger partial charge in [0.2, 0.25) is 5.91 Å². The van der Waals surface area contributed by atoms with Crippen LogP contribution in [0.5, 0.6) is 11.5 Å². The molecule has 0 saturated heterocycles. The predicted octanol–water partition coefficient (Wildman–Crippen LogP) is 2.76. The second-order valence-electron chi connectivity index (χ2n) is 5.78. The zero-order chi connectivity index (χ0) is 17.8. The number of nitrogens with zero attached hydrogens (tertiary/aromatic N) is 1. The molecule has 0 saturated carbocycles. The third kappa shape index (κ3) is 3.91. The Morgan fingerprint density at radius 3 is 2.88 bits per heavy atom. The molecule has 0 aromatic heterocycles. The molecule has 0 fully saturated rings. The number of carbonyl (C=O) groups excluding carboxylic acids is 2. The lowest BCUT2D eigenvalue weighted by molar-refractivity contribution is -0.133. The fourth-order valence-corrected chi connectivity index (χ4v) is 2.71. The van der Waals surface area contributed by atoms with E-state index in [2.05, 4.69) is 5.32 Å². The molecule has 2 aromatic rings. The molecule has 0 bridgehead atoms. The van der Waals surface area contributed by atoms with Crippen LogP contribution in [0.15, 0.2) is 42.5 Å². The number of amides is 1. The van der Waals surface area contributed by atoms with Crippen molar-refractivity contribution in [3.63, 3.8) is 0 Å². The summed E-state index contributed by atoms with van der Waals surface area (Å²) in [6.45, 7) is 4.44. The lowest BCUT2D eigenvalue weighted by Crippen LogP contribution is -2.41. The summed E-state index contributed by atoms with van der Waals surface area (Å²) in [4.78, 5) is 26.0. The van der Waals surface area contributed by atoms with E-state index in [0.29, 0.717) is 23.8 Å². The van der Waals surface area contributed by atoms with Gasteiger partial charge < -0.3 is 19.7 Å². The van der Waals surface area contributed by atoms with Gasteiger partial charge in [-0.3, -0.25) is 4.79 Å². The third-order valence-corrected chi connectivity index (χ3v) is 3.79. The van der Waals surface area contributed by atoms with Crippen molar-refractivity contribution in [3.8, 4) is 11.5 Å². The minimum Gasteiger partial charge on any atom is -0.492 e. The number of esters is 1. The van der Waals surface area contributed by atoms with E-state index in [4.69, 9.17) is 9.47 Å². The van der Waals surface area contributed by atoms with E-state index >= 15 is 0 Å². The SMILES string of the molecule is CCOc1ccccc1NC(=O)CN1CC(=O)Oc2ccc(C)cc21. The Kier molecular flexibility index (Phi) is 4.88. The maximum Gasteiger partial charge on any atom is 0.331 e. The Bertz CT molecular complexity index is 804. The van der Waals surface area contributed by atoms with Gasteiger partial charge in [0.15, 0.2) is 5.75 Å². The van der Waals surface area contributed by atoms with Gasteiger partial charge in [-0.2, -0.15) is 0 Å². The first-order valence-electron chi connectivity index (χ1n) is 8.14. The van der Waals surface area contributed by atoms with Crippen molar-refractivity contribution in [3.05, 3.63) is 48.0 Å². The van der Waals surface area contributed by atoms with Crippen LogP contribution in [0.4, 0.5) is 11.4 Å². The average Bonchev–Trinajstić information content (AvgIpc) is 2.57. The Balaban J connectivity index is 1.76. The van der Waals surface area contributed by atoms with Crippen LogP contribution in [0.25, 0.3) is 0 Å². The summed E-state index contributed by atoms with van der Waals surface area (Å²) in [5.74, 6) is 0.491. The fraction of sp³-hybridized carbons (Fsp3) is 0.263. The molecule has 2 aromatic carbocycles. The molecule has 6 nitrogen and oxygen atoms in total. The molecule has 25 heavy (non-hydrogen) atoms. The number of ether oxygens (including phenoxy) is 2. The van der Waals surface area contributed by atoms with Gasteiger partial charge in [0.1, 0.15) is 12.3 Å². The Morgan fingerprint density at radius 1 is 1.28 bits per heavy atom.